The zero-order chi connectivity index (χ0) is 16.1. The van der Waals surface area contributed by atoms with E-state index in [4.69, 9.17) is 9.31 Å². The Labute approximate surface area is 128 Å². The Balaban J connectivity index is 1.91. The van der Waals surface area contributed by atoms with Gasteiger partial charge in [0.05, 0.1) is 11.2 Å². The van der Waals surface area contributed by atoms with Gasteiger partial charge in [-0.2, -0.15) is 5.10 Å². The van der Waals surface area contributed by atoms with Crippen molar-refractivity contribution in [3.8, 4) is 5.69 Å². The number of halogens is 2. The Kier molecular flexibility index (Phi) is 3.38. The van der Waals surface area contributed by atoms with Crippen molar-refractivity contribution in [3.05, 3.63) is 42.2 Å². The molecule has 4 nitrogen and oxygen atoms in total. The first-order valence-electron chi connectivity index (χ1n) is 7.06. The van der Waals surface area contributed by atoms with Crippen LogP contribution in [0.25, 0.3) is 5.69 Å². The molecule has 1 fully saturated rings. The van der Waals surface area contributed by atoms with Crippen LogP contribution < -0.4 is 5.46 Å². The Morgan fingerprint density at radius 1 is 1.09 bits per heavy atom. The van der Waals surface area contributed by atoms with Crippen molar-refractivity contribution in [1.82, 2.24) is 9.78 Å². The maximum absolute atomic E-state index is 13.8. The highest BCUT2D eigenvalue weighted by molar-refractivity contribution is 6.62. The lowest BCUT2D eigenvalue weighted by Crippen LogP contribution is -2.41. The minimum atomic E-state index is -0.939. The second-order valence-electron chi connectivity index (χ2n) is 6.38. The lowest BCUT2D eigenvalue weighted by atomic mass is 9.82. The van der Waals surface area contributed by atoms with Crippen molar-refractivity contribution in [3.63, 3.8) is 0 Å². The molecule has 0 saturated carbocycles. The van der Waals surface area contributed by atoms with Gasteiger partial charge in [0.1, 0.15) is 5.69 Å². The fourth-order valence-electron chi connectivity index (χ4n) is 2.24. The molecule has 0 N–H and O–H groups in total. The van der Waals surface area contributed by atoms with Crippen molar-refractivity contribution >= 4 is 12.6 Å². The number of nitrogens with zero attached hydrogens (tertiary/aromatic N) is 2. The van der Waals surface area contributed by atoms with Gasteiger partial charge in [0.2, 0.25) is 0 Å². The van der Waals surface area contributed by atoms with Crippen LogP contribution in [0.3, 0.4) is 0 Å². The van der Waals surface area contributed by atoms with Crippen LogP contribution in [0.1, 0.15) is 27.7 Å². The minimum Gasteiger partial charge on any atom is -0.399 e. The Morgan fingerprint density at radius 2 is 1.73 bits per heavy atom. The summed E-state index contributed by atoms with van der Waals surface area (Å²) < 4.78 is 40.2. The summed E-state index contributed by atoms with van der Waals surface area (Å²) in [5.74, 6) is -1.85. The van der Waals surface area contributed by atoms with Crippen LogP contribution in [0.5, 0.6) is 0 Å². The van der Waals surface area contributed by atoms with Gasteiger partial charge in [-0.15, -0.1) is 0 Å². The molecule has 0 bridgehead atoms. The molecule has 1 aromatic carbocycles. The van der Waals surface area contributed by atoms with Crippen molar-refractivity contribution < 1.29 is 18.1 Å². The van der Waals surface area contributed by atoms with Crippen LogP contribution in [-0.4, -0.2) is 28.1 Å². The Bertz CT molecular complexity index is 699. The molecule has 0 spiro atoms. The lowest BCUT2D eigenvalue weighted by Gasteiger charge is -2.32. The summed E-state index contributed by atoms with van der Waals surface area (Å²) in [4.78, 5) is 0. The molecule has 1 saturated heterocycles. The summed E-state index contributed by atoms with van der Waals surface area (Å²) in [6, 6.07) is 3.96. The summed E-state index contributed by atoms with van der Waals surface area (Å²) in [5, 5.41) is 4.08. The zero-order valence-electron chi connectivity index (χ0n) is 12.9. The van der Waals surface area contributed by atoms with E-state index in [1.54, 1.807) is 6.20 Å². The number of hydrogen-bond acceptors (Lipinski definition) is 3. The molecule has 2 heterocycles. The molecule has 1 aromatic heterocycles. The van der Waals surface area contributed by atoms with Gasteiger partial charge in [-0.25, -0.2) is 13.5 Å². The van der Waals surface area contributed by atoms with Gasteiger partial charge in [0.25, 0.3) is 0 Å². The van der Waals surface area contributed by atoms with E-state index < -0.39 is 30.0 Å². The number of rotatable bonds is 2. The molecule has 116 valence electrons. The first-order chi connectivity index (χ1) is 10.2. The molecule has 0 atom stereocenters. The second kappa shape index (κ2) is 4.89. The van der Waals surface area contributed by atoms with Crippen molar-refractivity contribution in [2.75, 3.05) is 0 Å². The lowest BCUT2D eigenvalue weighted by molar-refractivity contribution is 0.00578. The predicted molar refractivity (Wildman–Crippen MR) is 79.2 cm³/mol. The van der Waals surface area contributed by atoms with Gasteiger partial charge >= 0.3 is 7.12 Å². The van der Waals surface area contributed by atoms with Gasteiger partial charge in [-0.1, -0.05) is 6.07 Å². The van der Waals surface area contributed by atoms with Crippen LogP contribution in [0, 0.1) is 11.6 Å². The van der Waals surface area contributed by atoms with Crippen LogP contribution in [0.4, 0.5) is 8.78 Å². The van der Waals surface area contributed by atoms with E-state index in [9.17, 15) is 8.78 Å². The maximum atomic E-state index is 13.8. The zero-order valence-corrected chi connectivity index (χ0v) is 12.9. The molecule has 22 heavy (non-hydrogen) atoms. The van der Waals surface area contributed by atoms with E-state index in [1.165, 1.54) is 23.0 Å². The van der Waals surface area contributed by atoms with Crippen LogP contribution in [-0.2, 0) is 9.31 Å². The Morgan fingerprint density at radius 3 is 2.36 bits per heavy atom. The number of aromatic nitrogens is 2. The molecule has 2 aromatic rings. The Hall–Kier alpha value is -1.73. The molecule has 7 heteroatoms. The molecule has 0 aliphatic carbocycles. The maximum Gasteiger partial charge on any atom is 0.498 e. The summed E-state index contributed by atoms with van der Waals surface area (Å²) in [6.45, 7) is 7.79. The third-order valence-corrected chi connectivity index (χ3v) is 4.31. The van der Waals surface area contributed by atoms with E-state index in [1.807, 2.05) is 27.7 Å². The van der Waals surface area contributed by atoms with Gasteiger partial charge in [-0.05, 0) is 39.8 Å². The standard InChI is InChI=1S/C15H17BF2N2O2/c1-14(2)15(3,4)22-16(21-14)10-8-19-20(9-10)12-7-5-6-11(17)13(12)18/h5-9H,1-4H3. The first kappa shape index (κ1) is 15.2. The van der Waals surface area contributed by atoms with Crippen LogP contribution in [0.15, 0.2) is 30.6 Å². The SMILES string of the molecule is CC1(C)OB(c2cnn(-c3cccc(F)c3F)c2)OC1(C)C. The van der Waals surface area contributed by atoms with E-state index in [2.05, 4.69) is 5.10 Å². The molecule has 1 aliphatic heterocycles. The van der Waals surface area contributed by atoms with E-state index >= 15 is 0 Å². The van der Waals surface area contributed by atoms with Gasteiger partial charge in [0.15, 0.2) is 11.6 Å². The van der Waals surface area contributed by atoms with E-state index in [0.717, 1.165) is 6.07 Å². The predicted octanol–water partition coefficient (Wildman–Crippen LogP) is 2.45. The molecule has 0 radical (unpaired) electrons. The molecule has 1 aliphatic rings. The van der Waals surface area contributed by atoms with E-state index in [0.29, 0.717) is 5.46 Å². The molecular weight excluding hydrogens is 289 g/mol. The van der Waals surface area contributed by atoms with Crippen molar-refractivity contribution in [2.24, 2.45) is 0 Å². The smallest absolute Gasteiger partial charge is 0.399 e. The topological polar surface area (TPSA) is 36.3 Å². The van der Waals surface area contributed by atoms with Gasteiger partial charge < -0.3 is 9.31 Å². The molecular formula is C15H17BF2N2O2. The molecule has 0 unspecified atom stereocenters. The number of hydrogen-bond donors (Lipinski definition) is 0. The fraction of sp³-hybridized carbons (Fsp3) is 0.400. The fourth-order valence-corrected chi connectivity index (χ4v) is 2.24. The average Bonchev–Trinajstić information content (AvgIpc) is 2.97. The third kappa shape index (κ3) is 2.34. The van der Waals surface area contributed by atoms with E-state index in [-0.39, 0.29) is 5.69 Å². The second-order valence-corrected chi connectivity index (χ2v) is 6.38. The van der Waals surface area contributed by atoms with Crippen molar-refractivity contribution in [2.45, 2.75) is 38.9 Å². The van der Waals surface area contributed by atoms with Crippen LogP contribution in [0.2, 0.25) is 0 Å². The third-order valence-electron chi connectivity index (χ3n) is 4.31. The highest BCUT2D eigenvalue weighted by Crippen LogP contribution is 2.36. The van der Waals surface area contributed by atoms with Crippen molar-refractivity contribution in [1.29, 1.82) is 0 Å². The normalized spacial score (nSPS) is 19.6. The highest BCUT2D eigenvalue weighted by Gasteiger charge is 2.52. The summed E-state index contributed by atoms with van der Waals surface area (Å²) in [5.41, 5.74) is -0.238. The van der Waals surface area contributed by atoms with Crippen LogP contribution >= 0.6 is 0 Å². The van der Waals surface area contributed by atoms with Gasteiger partial charge in [-0.3, -0.25) is 0 Å². The largest absolute Gasteiger partial charge is 0.498 e. The number of benzene rings is 1. The minimum absolute atomic E-state index is 0.0442. The summed E-state index contributed by atoms with van der Waals surface area (Å²) >= 11 is 0. The quantitative estimate of drug-likeness (QED) is 0.800. The van der Waals surface area contributed by atoms with Gasteiger partial charge in [0, 0.05) is 17.9 Å². The monoisotopic (exact) mass is 306 g/mol. The first-order valence-corrected chi connectivity index (χ1v) is 7.06. The highest BCUT2D eigenvalue weighted by atomic mass is 19.2. The summed E-state index contributed by atoms with van der Waals surface area (Å²) in [7, 11) is -0.588. The molecule has 0 amide bonds. The summed E-state index contributed by atoms with van der Waals surface area (Å²) in [6.07, 6.45) is 3.12. The molecule has 3 rings (SSSR count). The average molecular weight is 306 g/mol.